The Morgan fingerprint density at radius 3 is 1.59 bits per heavy atom. The van der Waals surface area contributed by atoms with E-state index in [0.29, 0.717) is 0 Å². The minimum atomic E-state index is -1.74. The van der Waals surface area contributed by atoms with Gasteiger partial charge in [-0.15, -0.1) is 0 Å². The Kier molecular flexibility index (Phi) is 9.93. The second-order valence-electron chi connectivity index (χ2n) is 6.80. The van der Waals surface area contributed by atoms with Gasteiger partial charge in [0.2, 0.25) is 0 Å². The van der Waals surface area contributed by atoms with Gasteiger partial charge in [0.1, 0.15) is 23.2 Å². The molecular weight excluding hydrogens is 435 g/mol. The standard InChI is InChI=1S/C27H28P.BrH/c1-2-3-4-5-6-7-17-24-28(25-18-11-8-12-19-25,26-20-13-9-14-21-26)27-22-15-10-16-23-27;/h4-5,8-16,18-23H,2-3,17,24H2,1H3;1H/q+1;/p-1/b5-4+;. The molecule has 3 rings (SSSR count). The molecule has 0 bridgehead atoms. The minimum Gasteiger partial charge on any atom is -1.00 e. The lowest BCUT2D eigenvalue weighted by Crippen LogP contribution is -3.00. The minimum absolute atomic E-state index is 0. The molecule has 0 unspecified atom stereocenters. The third-order valence-electron chi connectivity index (χ3n) is 4.92. The molecule has 0 N–H and O–H groups in total. The molecule has 0 radical (unpaired) electrons. The van der Waals surface area contributed by atoms with Crippen LogP contribution in [0.15, 0.2) is 103 Å². The molecule has 3 aromatic rings. The van der Waals surface area contributed by atoms with Gasteiger partial charge in [0.25, 0.3) is 0 Å². The summed E-state index contributed by atoms with van der Waals surface area (Å²) < 4.78 is 0. The first-order valence-corrected chi connectivity index (χ1v) is 12.0. The number of halogens is 1. The first-order chi connectivity index (χ1) is 13.9. The summed E-state index contributed by atoms with van der Waals surface area (Å²) in [6, 6.07) is 33.0. The molecule has 29 heavy (non-hydrogen) atoms. The van der Waals surface area contributed by atoms with Crippen molar-refractivity contribution in [1.82, 2.24) is 0 Å². The van der Waals surface area contributed by atoms with Crippen LogP contribution in [0.5, 0.6) is 0 Å². The maximum atomic E-state index is 3.40. The van der Waals surface area contributed by atoms with E-state index < -0.39 is 7.26 Å². The zero-order valence-electron chi connectivity index (χ0n) is 17.0. The zero-order chi connectivity index (χ0) is 19.5. The van der Waals surface area contributed by atoms with Gasteiger partial charge >= 0.3 is 0 Å². The fourth-order valence-electron chi connectivity index (χ4n) is 3.55. The van der Waals surface area contributed by atoms with E-state index in [9.17, 15) is 0 Å². The summed E-state index contributed by atoms with van der Waals surface area (Å²) in [6.07, 6.45) is 8.40. The van der Waals surface area contributed by atoms with Gasteiger partial charge in [-0.1, -0.05) is 85.9 Å². The molecule has 0 heterocycles. The molecule has 0 saturated carbocycles. The smallest absolute Gasteiger partial charge is 0.113 e. The van der Waals surface area contributed by atoms with Gasteiger partial charge in [0.15, 0.2) is 0 Å². The third kappa shape index (κ3) is 5.93. The van der Waals surface area contributed by atoms with Crippen LogP contribution in [0.25, 0.3) is 0 Å². The van der Waals surface area contributed by atoms with Gasteiger partial charge in [0, 0.05) is 6.42 Å². The van der Waals surface area contributed by atoms with Crippen molar-refractivity contribution in [3.63, 3.8) is 0 Å². The first-order valence-electron chi connectivity index (χ1n) is 10.1. The number of benzene rings is 3. The molecular formula is C27H28BrP. The monoisotopic (exact) mass is 462 g/mol. The van der Waals surface area contributed by atoms with Crippen molar-refractivity contribution in [3.8, 4) is 11.8 Å². The quantitative estimate of drug-likeness (QED) is 0.374. The molecule has 0 aliphatic carbocycles. The van der Waals surface area contributed by atoms with Crippen LogP contribution in [0.4, 0.5) is 0 Å². The molecule has 0 aliphatic heterocycles. The molecule has 0 fully saturated rings. The van der Waals surface area contributed by atoms with Crippen molar-refractivity contribution in [2.45, 2.75) is 26.2 Å². The summed E-state index contributed by atoms with van der Waals surface area (Å²) in [5, 5.41) is 4.28. The van der Waals surface area contributed by atoms with E-state index >= 15 is 0 Å². The van der Waals surface area contributed by atoms with E-state index in [0.717, 1.165) is 19.0 Å². The Bertz CT molecular complexity index is 825. The lowest BCUT2D eigenvalue weighted by Gasteiger charge is -2.27. The fraction of sp³-hybridized carbons (Fsp3) is 0.185. The first kappa shape index (κ1) is 23.2. The van der Waals surface area contributed by atoms with Crippen LogP contribution in [0, 0.1) is 11.8 Å². The summed E-state index contributed by atoms with van der Waals surface area (Å²) >= 11 is 0. The highest BCUT2D eigenvalue weighted by molar-refractivity contribution is 7.95. The fourth-order valence-corrected chi connectivity index (χ4v) is 7.71. The topological polar surface area (TPSA) is 0 Å². The molecule has 0 aliphatic rings. The highest BCUT2D eigenvalue weighted by Crippen LogP contribution is 2.55. The lowest BCUT2D eigenvalue weighted by atomic mass is 10.3. The van der Waals surface area contributed by atoms with Gasteiger partial charge in [0.05, 0.1) is 6.16 Å². The molecule has 0 amide bonds. The van der Waals surface area contributed by atoms with E-state index in [1.807, 2.05) is 6.08 Å². The van der Waals surface area contributed by atoms with Crippen molar-refractivity contribution in [2.75, 3.05) is 6.16 Å². The Labute approximate surface area is 187 Å². The summed E-state index contributed by atoms with van der Waals surface area (Å²) in [7, 11) is -1.74. The van der Waals surface area contributed by atoms with Crippen LogP contribution >= 0.6 is 7.26 Å². The summed E-state index contributed by atoms with van der Waals surface area (Å²) in [5.41, 5.74) is 0. The highest BCUT2D eigenvalue weighted by atomic mass is 79.9. The van der Waals surface area contributed by atoms with Crippen LogP contribution in [0.3, 0.4) is 0 Å². The number of rotatable bonds is 7. The van der Waals surface area contributed by atoms with Crippen molar-refractivity contribution < 1.29 is 17.0 Å². The van der Waals surface area contributed by atoms with Crippen molar-refractivity contribution in [1.29, 1.82) is 0 Å². The number of hydrogen-bond donors (Lipinski definition) is 0. The molecule has 0 nitrogen and oxygen atoms in total. The van der Waals surface area contributed by atoms with Crippen LogP contribution in [0.1, 0.15) is 26.2 Å². The Hall–Kier alpha value is -2.13. The van der Waals surface area contributed by atoms with Crippen LogP contribution in [0.2, 0.25) is 0 Å². The molecule has 148 valence electrons. The number of hydrogen-bond acceptors (Lipinski definition) is 0. The second-order valence-corrected chi connectivity index (χ2v) is 10.4. The van der Waals surface area contributed by atoms with Crippen LogP contribution in [-0.2, 0) is 0 Å². The second kappa shape index (κ2) is 12.4. The zero-order valence-corrected chi connectivity index (χ0v) is 19.4. The van der Waals surface area contributed by atoms with Gasteiger partial charge in [-0.2, -0.15) is 0 Å². The van der Waals surface area contributed by atoms with Crippen molar-refractivity contribution in [2.24, 2.45) is 0 Å². The molecule has 0 saturated heterocycles. The largest absolute Gasteiger partial charge is 1.00 e. The summed E-state index contributed by atoms with van der Waals surface area (Å²) in [5.74, 6) is 6.63. The van der Waals surface area contributed by atoms with E-state index in [1.165, 1.54) is 22.3 Å². The number of unbranched alkanes of at least 4 members (excludes halogenated alkanes) is 1. The molecule has 2 heteroatoms. The third-order valence-corrected chi connectivity index (χ3v) is 9.36. The van der Waals surface area contributed by atoms with E-state index in [4.69, 9.17) is 0 Å². The van der Waals surface area contributed by atoms with E-state index in [2.05, 4.69) is 116 Å². The summed E-state index contributed by atoms with van der Waals surface area (Å²) in [6.45, 7) is 2.19. The summed E-state index contributed by atoms with van der Waals surface area (Å²) in [4.78, 5) is 0. The molecule has 0 aromatic heterocycles. The van der Waals surface area contributed by atoms with Gasteiger partial charge in [-0.3, -0.25) is 0 Å². The molecule has 0 atom stereocenters. The Morgan fingerprint density at radius 2 is 1.17 bits per heavy atom. The van der Waals surface area contributed by atoms with Crippen LogP contribution in [-0.4, -0.2) is 6.16 Å². The maximum absolute atomic E-state index is 3.40. The average Bonchev–Trinajstić information content (AvgIpc) is 2.78. The Morgan fingerprint density at radius 1 is 0.724 bits per heavy atom. The van der Waals surface area contributed by atoms with Gasteiger partial charge in [-0.05, 0) is 48.9 Å². The lowest BCUT2D eigenvalue weighted by molar-refractivity contribution is -0.00000551. The van der Waals surface area contributed by atoms with Crippen molar-refractivity contribution >= 4 is 23.2 Å². The SMILES string of the molecule is CCC/C=C/C#CCC[P+](c1ccccc1)(c1ccccc1)c1ccccc1.[Br-]. The van der Waals surface area contributed by atoms with Gasteiger partial charge < -0.3 is 17.0 Å². The van der Waals surface area contributed by atoms with Gasteiger partial charge in [-0.25, -0.2) is 0 Å². The highest BCUT2D eigenvalue weighted by Gasteiger charge is 2.44. The van der Waals surface area contributed by atoms with E-state index in [1.54, 1.807) is 0 Å². The number of allylic oxidation sites excluding steroid dienone is 2. The molecule has 0 spiro atoms. The predicted molar refractivity (Wildman–Crippen MR) is 126 cm³/mol. The van der Waals surface area contributed by atoms with Crippen LogP contribution < -0.4 is 32.9 Å². The average molecular weight is 463 g/mol. The maximum Gasteiger partial charge on any atom is 0.113 e. The Balaban J connectivity index is 0.00000300. The predicted octanol–water partition coefficient (Wildman–Crippen LogP) is 2.73. The molecule has 3 aromatic carbocycles. The van der Waals surface area contributed by atoms with Crippen molar-refractivity contribution in [3.05, 3.63) is 103 Å². The normalized spacial score (nSPS) is 10.8. The van der Waals surface area contributed by atoms with E-state index in [-0.39, 0.29) is 17.0 Å².